The molecule has 1 aromatic rings. The van der Waals surface area contributed by atoms with E-state index in [9.17, 15) is 14.7 Å². The standard InChI is InChI=1S/C21H24N2O4/c1-27-18(26)20-8-7-19-10-15(24)13-11-23(9-6-16(19)25)17(19)21(13,20)12-4-2-3-5-14(12)22-20/h2-5,13,16-17,22,25H,6-11H2,1H3/t13?,16-,17+,19-,20+,21-/m1/s1. The highest BCUT2D eigenvalue weighted by Gasteiger charge is 2.82. The summed E-state index contributed by atoms with van der Waals surface area (Å²) >= 11 is 0. The number of ether oxygens (including phenoxy) is 1. The van der Waals surface area contributed by atoms with Gasteiger partial charge in [-0.25, -0.2) is 4.79 Å². The summed E-state index contributed by atoms with van der Waals surface area (Å²) in [6.07, 6.45) is 1.88. The van der Waals surface area contributed by atoms with Crippen LogP contribution in [0.2, 0.25) is 0 Å². The summed E-state index contributed by atoms with van der Waals surface area (Å²) in [5.41, 5.74) is -0.0731. The fourth-order valence-corrected chi connectivity index (χ4v) is 7.73. The molecule has 3 aliphatic heterocycles. The number of para-hydroxylation sites is 1. The van der Waals surface area contributed by atoms with Crippen molar-refractivity contribution in [2.75, 3.05) is 25.5 Å². The van der Waals surface area contributed by atoms with Crippen LogP contribution in [0, 0.1) is 11.3 Å². The van der Waals surface area contributed by atoms with Gasteiger partial charge in [0.05, 0.1) is 18.6 Å². The summed E-state index contributed by atoms with van der Waals surface area (Å²) in [6.45, 7) is 1.45. The number of nitrogens with one attached hydrogen (secondary N) is 1. The van der Waals surface area contributed by atoms with E-state index in [0.717, 1.165) is 17.8 Å². The lowest BCUT2D eigenvalue weighted by atomic mass is 9.41. The Balaban J connectivity index is 1.72. The molecular weight excluding hydrogens is 344 g/mol. The second kappa shape index (κ2) is 4.73. The number of esters is 1. The van der Waals surface area contributed by atoms with Crippen molar-refractivity contribution in [2.24, 2.45) is 11.3 Å². The van der Waals surface area contributed by atoms with Crippen molar-refractivity contribution >= 4 is 17.4 Å². The Hall–Kier alpha value is -1.92. The predicted octanol–water partition coefficient (Wildman–Crippen LogP) is 1.08. The van der Waals surface area contributed by atoms with Crippen molar-refractivity contribution < 1.29 is 19.4 Å². The molecular formula is C21H24N2O4. The minimum Gasteiger partial charge on any atom is -0.467 e. The van der Waals surface area contributed by atoms with Crippen LogP contribution in [0.25, 0.3) is 0 Å². The van der Waals surface area contributed by atoms with E-state index in [1.54, 1.807) is 0 Å². The molecule has 2 aliphatic carbocycles. The molecule has 6 rings (SSSR count). The number of anilines is 1. The molecule has 27 heavy (non-hydrogen) atoms. The van der Waals surface area contributed by atoms with Crippen molar-refractivity contribution in [1.29, 1.82) is 0 Å². The Morgan fingerprint density at radius 3 is 2.96 bits per heavy atom. The van der Waals surface area contributed by atoms with E-state index in [2.05, 4.69) is 16.3 Å². The lowest BCUT2D eigenvalue weighted by Gasteiger charge is -2.65. The highest BCUT2D eigenvalue weighted by Crippen LogP contribution is 2.72. The average molecular weight is 368 g/mol. The largest absolute Gasteiger partial charge is 0.467 e. The maximum Gasteiger partial charge on any atom is 0.332 e. The van der Waals surface area contributed by atoms with Gasteiger partial charge in [-0.05, 0) is 30.9 Å². The Kier molecular flexibility index (Phi) is 2.82. The van der Waals surface area contributed by atoms with Crippen molar-refractivity contribution in [3.05, 3.63) is 29.8 Å². The third kappa shape index (κ3) is 1.45. The number of methoxy groups -OCH3 is 1. The van der Waals surface area contributed by atoms with Crippen LogP contribution in [0.15, 0.2) is 24.3 Å². The van der Waals surface area contributed by atoms with Crippen molar-refractivity contribution in [2.45, 2.75) is 48.8 Å². The van der Waals surface area contributed by atoms with E-state index in [-0.39, 0.29) is 23.7 Å². The minimum absolute atomic E-state index is 0.0135. The lowest BCUT2D eigenvalue weighted by Crippen LogP contribution is -2.78. The molecule has 6 atom stereocenters. The van der Waals surface area contributed by atoms with E-state index >= 15 is 0 Å². The van der Waals surface area contributed by atoms with Crippen LogP contribution < -0.4 is 5.32 Å². The minimum atomic E-state index is -0.938. The van der Waals surface area contributed by atoms with Gasteiger partial charge in [-0.3, -0.25) is 9.69 Å². The first kappa shape index (κ1) is 16.1. The second-order valence-corrected chi connectivity index (χ2v) is 9.07. The molecule has 2 N–H and O–H groups in total. The molecule has 5 aliphatic rings. The van der Waals surface area contributed by atoms with Crippen LogP contribution in [-0.4, -0.2) is 59.6 Å². The Morgan fingerprint density at radius 1 is 1.33 bits per heavy atom. The smallest absolute Gasteiger partial charge is 0.332 e. The topological polar surface area (TPSA) is 78.9 Å². The van der Waals surface area contributed by atoms with Crippen LogP contribution in [0.5, 0.6) is 0 Å². The van der Waals surface area contributed by atoms with Gasteiger partial charge in [0, 0.05) is 42.6 Å². The van der Waals surface area contributed by atoms with Gasteiger partial charge in [-0.15, -0.1) is 0 Å². The molecule has 3 heterocycles. The normalized spacial score (nSPS) is 46.4. The number of benzene rings is 1. The monoisotopic (exact) mass is 368 g/mol. The van der Waals surface area contributed by atoms with Gasteiger partial charge >= 0.3 is 5.97 Å². The van der Waals surface area contributed by atoms with Crippen molar-refractivity contribution in [3.8, 4) is 0 Å². The van der Waals surface area contributed by atoms with Gasteiger partial charge < -0.3 is 15.2 Å². The Labute approximate surface area is 157 Å². The second-order valence-electron chi connectivity index (χ2n) is 9.07. The number of hydrogen-bond donors (Lipinski definition) is 2. The number of rotatable bonds is 1. The maximum absolute atomic E-state index is 13.4. The summed E-state index contributed by atoms with van der Waals surface area (Å²) < 4.78 is 5.32. The van der Waals surface area contributed by atoms with Crippen LogP contribution in [0.3, 0.4) is 0 Å². The van der Waals surface area contributed by atoms with Crippen LogP contribution in [-0.2, 0) is 19.7 Å². The third-order valence-electron chi connectivity index (χ3n) is 8.48. The molecule has 4 fully saturated rings. The molecule has 142 valence electrons. The van der Waals surface area contributed by atoms with Crippen LogP contribution >= 0.6 is 0 Å². The van der Waals surface area contributed by atoms with E-state index in [1.807, 2.05) is 18.2 Å². The van der Waals surface area contributed by atoms with E-state index in [0.29, 0.717) is 32.2 Å². The highest BCUT2D eigenvalue weighted by atomic mass is 16.5. The van der Waals surface area contributed by atoms with E-state index < -0.39 is 22.5 Å². The quantitative estimate of drug-likeness (QED) is 0.723. The molecule has 6 nitrogen and oxygen atoms in total. The molecule has 2 saturated carbocycles. The zero-order chi connectivity index (χ0) is 18.6. The van der Waals surface area contributed by atoms with Crippen LogP contribution in [0.1, 0.15) is 31.2 Å². The molecule has 4 bridgehead atoms. The number of aliphatic hydroxyl groups is 1. The third-order valence-corrected chi connectivity index (χ3v) is 8.48. The van der Waals surface area contributed by atoms with Gasteiger partial charge in [-0.2, -0.15) is 0 Å². The molecule has 2 saturated heterocycles. The van der Waals surface area contributed by atoms with Gasteiger partial charge in [0.1, 0.15) is 11.3 Å². The number of hydrogen-bond acceptors (Lipinski definition) is 6. The van der Waals surface area contributed by atoms with Gasteiger partial charge in [-0.1, -0.05) is 18.2 Å². The highest BCUT2D eigenvalue weighted by molar-refractivity contribution is 5.98. The molecule has 0 amide bonds. The fourth-order valence-electron chi connectivity index (χ4n) is 7.73. The molecule has 0 radical (unpaired) electrons. The summed E-state index contributed by atoms with van der Waals surface area (Å²) in [5, 5.41) is 14.6. The average Bonchev–Trinajstić information content (AvgIpc) is 3.16. The molecule has 1 unspecified atom stereocenters. The number of nitrogens with zero attached hydrogens (tertiary/aromatic N) is 1. The fraction of sp³-hybridized carbons (Fsp3) is 0.619. The van der Waals surface area contributed by atoms with E-state index in [1.165, 1.54) is 7.11 Å². The van der Waals surface area contributed by atoms with Crippen LogP contribution in [0.4, 0.5) is 5.69 Å². The predicted molar refractivity (Wildman–Crippen MR) is 97.3 cm³/mol. The number of fused-ring (bicyclic) bond motifs is 1. The molecule has 6 heteroatoms. The number of carbonyl (C=O) groups excluding carboxylic acids is 2. The summed E-state index contributed by atoms with van der Waals surface area (Å²) in [7, 11) is 1.43. The molecule has 1 aromatic carbocycles. The number of ketones is 1. The zero-order valence-electron chi connectivity index (χ0n) is 15.4. The first-order chi connectivity index (χ1) is 13.0. The molecule has 0 aromatic heterocycles. The summed E-state index contributed by atoms with van der Waals surface area (Å²) in [5.74, 6) is -0.327. The van der Waals surface area contributed by atoms with Crippen molar-refractivity contribution in [3.63, 3.8) is 0 Å². The summed E-state index contributed by atoms with van der Waals surface area (Å²) in [6, 6.07) is 8.01. The van der Waals surface area contributed by atoms with Gasteiger partial charge in [0.15, 0.2) is 0 Å². The SMILES string of the molecule is COC(=O)[C@@]12CC[C@@]34CC(=O)C5CN(CC[C@H]3O)[C@@H]4[C@@]51c1ccccc1N2. The van der Waals surface area contributed by atoms with Gasteiger partial charge in [0.2, 0.25) is 0 Å². The summed E-state index contributed by atoms with van der Waals surface area (Å²) in [4.78, 5) is 29.1. The Bertz CT molecular complexity index is 887. The number of carbonyl (C=O) groups is 2. The first-order valence-corrected chi connectivity index (χ1v) is 9.92. The number of aliphatic hydroxyl groups excluding tert-OH is 1. The molecule has 1 spiro atoms. The number of piperidine rings is 1. The first-order valence-electron chi connectivity index (χ1n) is 9.92. The Morgan fingerprint density at radius 2 is 2.15 bits per heavy atom. The maximum atomic E-state index is 13.4. The van der Waals surface area contributed by atoms with E-state index in [4.69, 9.17) is 4.74 Å². The lowest BCUT2D eigenvalue weighted by molar-refractivity contribution is -0.178. The number of Topliss-reactive ketones (excluding diaryl/α,β-unsaturated/α-hetero) is 1. The van der Waals surface area contributed by atoms with Crippen molar-refractivity contribution in [1.82, 2.24) is 4.90 Å². The zero-order valence-corrected chi connectivity index (χ0v) is 15.4. The van der Waals surface area contributed by atoms with Gasteiger partial charge in [0.25, 0.3) is 0 Å².